The maximum absolute atomic E-state index is 11.7. The van der Waals surface area contributed by atoms with E-state index in [1.54, 1.807) is 12.4 Å². The Bertz CT molecular complexity index is 330. The van der Waals surface area contributed by atoms with Crippen molar-refractivity contribution in [2.45, 2.75) is 24.7 Å². The highest BCUT2D eigenvalue weighted by molar-refractivity contribution is 5.84. The minimum Gasteiger partial charge on any atom is -0.468 e. The van der Waals surface area contributed by atoms with Gasteiger partial charge in [-0.1, -0.05) is 6.42 Å². The Morgan fingerprint density at radius 2 is 2.07 bits per heavy atom. The van der Waals surface area contributed by atoms with Crippen LogP contribution in [0.1, 0.15) is 24.8 Å². The minimum absolute atomic E-state index is 0.116. The van der Waals surface area contributed by atoms with Crippen LogP contribution in [0.15, 0.2) is 24.5 Å². The van der Waals surface area contributed by atoms with Gasteiger partial charge in [-0.3, -0.25) is 9.78 Å². The van der Waals surface area contributed by atoms with Gasteiger partial charge < -0.3 is 4.74 Å². The maximum atomic E-state index is 11.7. The van der Waals surface area contributed by atoms with Gasteiger partial charge >= 0.3 is 5.97 Å². The molecule has 3 nitrogen and oxygen atoms in total. The maximum Gasteiger partial charge on any atom is 0.316 e. The largest absolute Gasteiger partial charge is 0.468 e. The van der Waals surface area contributed by atoms with E-state index in [0.717, 1.165) is 24.8 Å². The average Bonchev–Trinajstić information content (AvgIpc) is 2.17. The molecule has 1 saturated carbocycles. The minimum atomic E-state index is -0.377. The van der Waals surface area contributed by atoms with Gasteiger partial charge in [0.25, 0.3) is 0 Å². The summed E-state index contributed by atoms with van der Waals surface area (Å²) < 4.78 is 4.85. The van der Waals surface area contributed by atoms with Gasteiger partial charge in [-0.05, 0) is 30.5 Å². The van der Waals surface area contributed by atoms with E-state index in [9.17, 15) is 4.79 Å². The number of carbonyl (C=O) groups is 1. The highest BCUT2D eigenvalue weighted by Gasteiger charge is 2.46. The second-order valence-corrected chi connectivity index (χ2v) is 3.66. The van der Waals surface area contributed by atoms with Crippen LogP contribution in [0.25, 0.3) is 0 Å². The van der Waals surface area contributed by atoms with E-state index in [1.807, 2.05) is 12.1 Å². The van der Waals surface area contributed by atoms with E-state index in [0.29, 0.717) is 0 Å². The summed E-state index contributed by atoms with van der Waals surface area (Å²) in [5.74, 6) is -0.116. The highest BCUT2D eigenvalue weighted by atomic mass is 16.5. The van der Waals surface area contributed by atoms with Gasteiger partial charge in [-0.2, -0.15) is 0 Å². The lowest BCUT2D eigenvalue weighted by Gasteiger charge is -2.39. The molecule has 1 fully saturated rings. The van der Waals surface area contributed by atoms with Crippen molar-refractivity contribution in [3.8, 4) is 0 Å². The van der Waals surface area contributed by atoms with Crippen LogP contribution < -0.4 is 0 Å². The van der Waals surface area contributed by atoms with E-state index in [2.05, 4.69) is 4.98 Å². The molecule has 0 amide bonds. The van der Waals surface area contributed by atoms with Gasteiger partial charge in [-0.25, -0.2) is 0 Å². The Morgan fingerprint density at radius 1 is 1.43 bits per heavy atom. The Balaban J connectivity index is 2.34. The zero-order chi connectivity index (χ0) is 10.0. The molecule has 0 atom stereocenters. The number of pyridine rings is 1. The molecule has 0 aromatic carbocycles. The molecule has 0 unspecified atom stereocenters. The van der Waals surface area contributed by atoms with Crippen LogP contribution in [-0.4, -0.2) is 18.1 Å². The number of ether oxygens (including phenoxy) is 1. The number of methoxy groups -OCH3 is 1. The number of rotatable bonds is 2. The highest BCUT2D eigenvalue weighted by Crippen LogP contribution is 2.44. The fourth-order valence-corrected chi connectivity index (χ4v) is 2.01. The standard InChI is InChI=1S/C11H13NO2/c1-14-10(13)11(5-2-6-11)9-3-7-12-8-4-9/h3-4,7-8H,2,5-6H2,1H3. The molecule has 0 N–H and O–H groups in total. The predicted octanol–water partition coefficient (Wildman–Crippen LogP) is 1.68. The molecule has 14 heavy (non-hydrogen) atoms. The molecule has 3 heteroatoms. The molecule has 0 radical (unpaired) electrons. The Morgan fingerprint density at radius 3 is 2.50 bits per heavy atom. The summed E-state index contributed by atoms with van der Waals surface area (Å²) in [6, 6.07) is 3.80. The van der Waals surface area contributed by atoms with E-state index >= 15 is 0 Å². The first kappa shape index (κ1) is 9.19. The Kier molecular flexibility index (Phi) is 2.23. The summed E-state index contributed by atoms with van der Waals surface area (Å²) in [5.41, 5.74) is 0.656. The number of carbonyl (C=O) groups excluding carboxylic acids is 1. The molecule has 0 spiro atoms. The fraction of sp³-hybridized carbons (Fsp3) is 0.455. The van der Waals surface area contributed by atoms with Crippen molar-refractivity contribution in [2.24, 2.45) is 0 Å². The second kappa shape index (κ2) is 3.40. The number of esters is 1. The smallest absolute Gasteiger partial charge is 0.316 e. The van der Waals surface area contributed by atoms with Gasteiger partial charge in [0.05, 0.1) is 12.5 Å². The molecule has 1 aromatic heterocycles. The summed E-state index contributed by atoms with van der Waals surface area (Å²) in [5, 5.41) is 0. The second-order valence-electron chi connectivity index (χ2n) is 3.66. The van der Waals surface area contributed by atoms with Crippen molar-refractivity contribution in [2.75, 3.05) is 7.11 Å². The molecule has 0 aliphatic heterocycles. The van der Waals surface area contributed by atoms with Crippen LogP contribution in [0, 0.1) is 0 Å². The van der Waals surface area contributed by atoms with E-state index < -0.39 is 0 Å². The van der Waals surface area contributed by atoms with Crippen LogP contribution in [0.2, 0.25) is 0 Å². The molecular formula is C11H13NO2. The zero-order valence-electron chi connectivity index (χ0n) is 8.19. The third-order valence-corrected chi connectivity index (χ3v) is 3.02. The fourth-order valence-electron chi connectivity index (χ4n) is 2.01. The first-order valence-electron chi connectivity index (χ1n) is 4.78. The van der Waals surface area contributed by atoms with E-state index in [4.69, 9.17) is 4.74 Å². The average molecular weight is 191 g/mol. The van der Waals surface area contributed by atoms with Crippen LogP contribution in [0.4, 0.5) is 0 Å². The summed E-state index contributed by atoms with van der Waals surface area (Å²) in [4.78, 5) is 15.6. The molecule has 1 aromatic rings. The van der Waals surface area contributed by atoms with Crippen molar-refractivity contribution < 1.29 is 9.53 Å². The van der Waals surface area contributed by atoms with Gasteiger partial charge in [0.15, 0.2) is 0 Å². The Hall–Kier alpha value is -1.38. The first-order valence-corrected chi connectivity index (χ1v) is 4.78. The first-order chi connectivity index (χ1) is 6.79. The third-order valence-electron chi connectivity index (χ3n) is 3.02. The van der Waals surface area contributed by atoms with Gasteiger partial charge in [0, 0.05) is 12.4 Å². The van der Waals surface area contributed by atoms with Crippen LogP contribution >= 0.6 is 0 Å². The predicted molar refractivity (Wildman–Crippen MR) is 51.8 cm³/mol. The molecule has 74 valence electrons. The van der Waals surface area contributed by atoms with Gasteiger partial charge in [0.2, 0.25) is 0 Å². The number of aromatic nitrogens is 1. The van der Waals surface area contributed by atoms with Crippen molar-refractivity contribution in [1.29, 1.82) is 0 Å². The van der Waals surface area contributed by atoms with E-state index in [1.165, 1.54) is 7.11 Å². The van der Waals surface area contributed by atoms with Gasteiger partial charge in [0.1, 0.15) is 0 Å². The van der Waals surface area contributed by atoms with Crippen LogP contribution in [-0.2, 0) is 14.9 Å². The zero-order valence-corrected chi connectivity index (χ0v) is 8.19. The molecule has 2 rings (SSSR count). The monoisotopic (exact) mass is 191 g/mol. The summed E-state index contributed by atoms with van der Waals surface area (Å²) in [6.45, 7) is 0. The molecule has 1 aliphatic carbocycles. The molecule has 0 bridgehead atoms. The van der Waals surface area contributed by atoms with Crippen molar-refractivity contribution in [1.82, 2.24) is 4.98 Å². The lowest BCUT2D eigenvalue weighted by molar-refractivity contribution is -0.151. The molecule has 1 heterocycles. The number of nitrogens with zero attached hydrogens (tertiary/aromatic N) is 1. The lowest BCUT2D eigenvalue weighted by Crippen LogP contribution is -2.43. The quantitative estimate of drug-likeness (QED) is 0.667. The molecular weight excluding hydrogens is 178 g/mol. The van der Waals surface area contributed by atoms with Crippen molar-refractivity contribution in [3.63, 3.8) is 0 Å². The van der Waals surface area contributed by atoms with Gasteiger partial charge in [-0.15, -0.1) is 0 Å². The van der Waals surface area contributed by atoms with E-state index in [-0.39, 0.29) is 11.4 Å². The SMILES string of the molecule is COC(=O)C1(c2ccncc2)CCC1. The topological polar surface area (TPSA) is 39.2 Å². The number of hydrogen-bond donors (Lipinski definition) is 0. The third kappa shape index (κ3) is 1.20. The summed E-state index contributed by atoms with van der Waals surface area (Å²) >= 11 is 0. The van der Waals surface area contributed by atoms with Crippen LogP contribution in [0.5, 0.6) is 0 Å². The van der Waals surface area contributed by atoms with Crippen molar-refractivity contribution >= 4 is 5.97 Å². The summed E-state index contributed by atoms with van der Waals surface area (Å²) in [7, 11) is 1.45. The van der Waals surface area contributed by atoms with Crippen molar-refractivity contribution in [3.05, 3.63) is 30.1 Å². The number of hydrogen-bond acceptors (Lipinski definition) is 3. The normalized spacial score (nSPS) is 18.4. The Labute approximate surface area is 83.1 Å². The summed E-state index contributed by atoms with van der Waals surface area (Å²) in [6.07, 6.45) is 6.32. The molecule has 0 saturated heterocycles. The molecule has 1 aliphatic rings. The van der Waals surface area contributed by atoms with Crippen LogP contribution in [0.3, 0.4) is 0 Å². The lowest BCUT2D eigenvalue weighted by atomic mass is 9.64.